The Hall–Kier alpha value is -2.56. The quantitative estimate of drug-likeness (QED) is 0.588. The van der Waals surface area contributed by atoms with Crippen molar-refractivity contribution in [2.24, 2.45) is 0 Å². The zero-order valence-electron chi connectivity index (χ0n) is 15.9. The van der Waals surface area contributed by atoms with Crippen molar-refractivity contribution in [2.45, 2.75) is 25.3 Å². The average molecular weight is 341 g/mol. The minimum absolute atomic E-state index is 0.183. The molecule has 0 N–H and O–H groups in total. The molecule has 5 heteroatoms. The molecule has 2 rings (SSSR count). The Morgan fingerprint density at radius 2 is 1.12 bits per heavy atom. The molecule has 0 fully saturated rings. The summed E-state index contributed by atoms with van der Waals surface area (Å²) >= 11 is 0. The lowest BCUT2D eigenvalue weighted by Gasteiger charge is -2.28. The molecule has 0 spiro atoms. The highest BCUT2D eigenvalue weighted by atomic mass is 16.6. The van der Waals surface area contributed by atoms with Gasteiger partial charge in [0, 0.05) is 58.3 Å². The molecule has 0 amide bonds. The summed E-state index contributed by atoms with van der Waals surface area (Å²) in [6.07, 6.45) is 0. The van der Waals surface area contributed by atoms with E-state index < -0.39 is 5.54 Å². The maximum atomic E-state index is 11.7. The van der Waals surface area contributed by atoms with Gasteiger partial charge in [0.05, 0.1) is 5.92 Å². The molecule has 0 aromatic heterocycles. The molecule has 2 aromatic carbocycles. The number of anilines is 2. The standard InChI is InChI=1S/C20H27N3O2/c1-20(2,23(24)25)19(15-7-11-17(12-8-15)21(3)4)16-9-13-18(14-10-16)22(5)6/h7-14,19H,1-6H3. The van der Waals surface area contributed by atoms with Crippen molar-refractivity contribution in [2.75, 3.05) is 38.0 Å². The van der Waals surface area contributed by atoms with Crippen molar-refractivity contribution in [3.63, 3.8) is 0 Å². The van der Waals surface area contributed by atoms with E-state index in [-0.39, 0.29) is 10.8 Å². The summed E-state index contributed by atoms with van der Waals surface area (Å²) in [5.74, 6) is -0.324. The Balaban J connectivity index is 2.52. The Labute approximate surface area is 150 Å². The van der Waals surface area contributed by atoms with Gasteiger partial charge in [-0.15, -0.1) is 0 Å². The third-order valence-corrected chi connectivity index (χ3v) is 4.66. The van der Waals surface area contributed by atoms with E-state index in [1.807, 2.05) is 86.5 Å². The van der Waals surface area contributed by atoms with Gasteiger partial charge in [-0.3, -0.25) is 10.1 Å². The van der Waals surface area contributed by atoms with Gasteiger partial charge in [-0.05, 0) is 35.4 Å². The molecular weight excluding hydrogens is 314 g/mol. The van der Waals surface area contributed by atoms with Gasteiger partial charge in [0.15, 0.2) is 0 Å². The van der Waals surface area contributed by atoms with E-state index in [9.17, 15) is 10.1 Å². The summed E-state index contributed by atoms with van der Waals surface area (Å²) in [4.78, 5) is 15.6. The summed E-state index contributed by atoms with van der Waals surface area (Å²) in [5, 5.41) is 11.7. The average Bonchev–Trinajstić information content (AvgIpc) is 2.55. The number of benzene rings is 2. The van der Waals surface area contributed by atoms with Crippen LogP contribution < -0.4 is 9.80 Å². The largest absolute Gasteiger partial charge is 0.378 e. The molecule has 0 heterocycles. The topological polar surface area (TPSA) is 49.6 Å². The number of nitrogens with zero attached hydrogens (tertiary/aromatic N) is 3. The number of nitro groups is 1. The number of hydrogen-bond acceptors (Lipinski definition) is 4. The Kier molecular flexibility index (Phi) is 5.36. The summed E-state index contributed by atoms with van der Waals surface area (Å²) in [5.41, 5.74) is 2.93. The van der Waals surface area contributed by atoms with Gasteiger partial charge in [0.2, 0.25) is 5.54 Å². The Bertz CT molecular complexity index is 668. The second-order valence-electron chi connectivity index (χ2n) is 7.32. The van der Waals surface area contributed by atoms with Gasteiger partial charge in [0.25, 0.3) is 0 Å². The van der Waals surface area contributed by atoms with Crippen LogP contribution in [-0.4, -0.2) is 38.7 Å². The molecule has 25 heavy (non-hydrogen) atoms. The zero-order valence-corrected chi connectivity index (χ0v) is 15.9. The first-order chi connectivity index (χ1) is 11.6. The van der Waals surface area contributed by atoms with Crippen molar-refractivity contribution in [1.29, 1.82) is 0 Å². The highest BCUT2D eigenvalue weighted by Gasteiger charge is 2.42. The lowest BCUT2D eigenvalue weighted by molar-refractivity contribution is -0.563. The monoisotopic (exact) mass is 341 g/mol. The first-order valence-corrected chi connectivity index (χ1v) is 8.33. The normalized spacial score (nSPS) is 11.5. The fourth-order valence-electron chi connectivity index (χ4n) is 3.04. The van der Waals surface area contributed by atoms with Crippen LogP contribution in [0.5, 0.6) is 0 Å². The van der Waals surface area contributed by atoms with Crippen molar-refractivity contribution in [3.8, 4) is 0 Å². The zero-order chi connectivity index (χ0) is 18.8. The SMILES string of the molecule is CN(C)c1ccc(C(c2ccc(N(C)C)cc2)C(C)(C)[N+](=O)[O-])cc1. The van der Waals surface area contributed by atoms with Crippen LogP contribution in [0.4, 0.5) is 11.4 Å². The van der Waals surface area contributed by atoms with E-state index in [4.69, 9.17) is 0 Å². The lowest BCUT2D eigenvalue weighted by atomic mass is 9.77. The van der Waals surface area contributed by atoms with Crippen LogP contribution in [0.1, 0.15) is 30.9 Å². The van der Waals surface area contributed by atoms with E-state index in [1.54, 1.807) is 13.8 Å². The summed E-state index contributed by atoms with van der Waals surface area (Å²) < 4.78 is 0. The van der Waals surface area contributed by atoms with E-state index in [1.165, 1.54) is 0 Å². The first-order valence-electron chi connectivity index (χ1n) is 8.33. The van der Waals surface area contributed by atoms with Crippen LogP contribution in [0, 0.1) is 10.1 Å². The Morgan fingerprint density at radius 1 is 0.800 bits per heavy atom. The van der Waals surface area contributed by atoms with Gasteiger partial charge < -0.3 is 9.80 Å². The molecule has 0 aliphatic rings. The van der Waals surface area contributed by atoms with Crippen LogP contribution in [-0.2, 0) is 0 Å². The lowest BCUT2D eigenvalue weighted by Crippen LogP contribution is -2.38. The van der Waals surface area contributed by atoms with Crippen LogP contribution in [0.3, 0.4) is 0 Å². The second kappa shape index (κ2) is 7.13. The van der Waals surface area contributed by atoms with Crippen molar-refractivity contribution >= 4 is 11.4 Å². The molecule has 0 radical (unpaired) electrons. The minimum Gasteiger partial charge on any atom is -0.378 e. The highest BCUT2D eigenvalue weighted by Crippen LogP contribution is 2.38. The molecule has 0 aliphatic heterocycles. The van der Waals surface area contributed by atoms with E-state index in [0.29, 0.717) is 0 Å². The predicted molar refractivity (Wildman–Crippen MR) is 104 cm³/mol. The molecule has 0 atom stereocenters. The minimum atomic E-state index is -1.11. The summed E-state index contributed by atoms with van der Waals surface area (Å²) in [6, 6.07) is 16.0. The molecule has 2 aromatic rings. The molecule has 0 bridgehead atoms. The maximum absolute atomic E-state index is 11.7. The van der Waals surface area contributed by atoms with Gasteiger partial charge in [-0.25, -0.2) is 0 Å². The van der Waals surface area contributed by atoms with Gasteiger partial charge in [-0.1, -0.05) is 24.3 Å². The molecule has 0 saturated carbocycles. The summed E-state index contributed by atoms with van der Waals surface area (Å²) in [6.45, 7) is 3.38. The predicted octanol–water partition coefficient (Wildman–Crippen LogP) is 4.01. The van der Waals surface area contributed by atoms with Crippen LogP contribution in [0.25, 0.3) is 0 Å². The molecular formula is C20H27N3O2. The van der Waals surface area contributed by atoms with Gasteiger partial charge >= 0.3 is 0 Å². The molecule has 0 aliphatic carbocycles. The van der Waals surface area contributed by atoms with Crippen molar-refractivity contribution < 1.29 is 4.92 Å². The fourth-order valence-corrected chi connectivity index (χ4v) is 3.04. The van der Waals surface area contributed by atoms with Crippen LogP contribution >= 0.6 is 0 Å². The van der Waals surface area contributed by atoms with Crippen LogP contribution in [0.2, 0.25) is 0 Å². The smallest absolute Gasteiger partial charge is 0.227 e. The molecule has 134 valence electrons. The first kappa shape index (κ1) is 18.8. The maximum Gasteiger partial charge on any atom is 0.227 e. The molecule has 0 unspecified atom stereocenters. The van der Waals surface area contributed by atoms with Gasteiger partial charge in [0.1, 0.15) is 0 Å². The van der Waals surface area contributed by atoms with Crippen LogP contribution in [0.15, 0.2) is 48.5 Å². The fraction of sp³-hybridized carbons (Fsp3) is 0.400. The third kappa shape index (κ3) is 3.92. The molecule has 0 saturated heterocycles. The van der Waals surface area contributed by atoms with E-state index >= 15 is 0 Å². The highest BCUT2D eigenvalue weighted by molar-refractivity contribution is 5.51. The summed E-state index contributed by atoms with van der Waals surface area (Å²) in [7, 11) is 7.92. The number of rotatable bonds is 6. The van der Waals surface area contributed by atoms with Gasteiger partial charge in [-0.2, -0.15) is 0 Å². The third-order valence-electron chi connectivity index (χ3n) is 4.66. The van der Waals surface area contributed by atoms with Crippen molar-refractivity contribution in [3.05, 3.63) is 69.8 Å². The van der Waals surface area contributed by atoms with E-state index in [2.05, 4.69) is 0 Å². The molecule has 5 nitrogen and oxygen atoms in total. The second-order valence-corrected chi connectivity index (χ2v) is 7.32. The van der Waals surface area contributed by atoms with E-state index in [0.717, 1.165) is 22.5 Å². The van der Waals surface area contributed by atoms with Crippen molar-refractivity contribution in [1.82, 2.24) is 0 Å². The Morgan fingerprint density at radius 3 is 1.36 bits per heavy atom. The number of hydrogen-bond donors (Lipinski definition) is 0.